The van der Waals surface area contributed by atoms with E-state index in [-0.39, 0.29) is 17.9 Å². The van der Waals surface area contributed by atoms with Crippen LogP contribution in [0.2, 0.25) is 0 Å². The summed E-state index contributed by atoms with van der Waals surface area (Å²) >= 11 is 0. The van der Waals surface area contributed by atoms with E-state index in [2.05, 4.69) is 4.90 Å². The van der Waals surface area contributed by atoms with E-state index >= 15 is 0 Å². The van der Waals surface area contributed by atoms with E-state index < -0.39 is 18.0 Å². The number of esters is 1. The lowest BCUT2D eigenvalue weighted by molar-refractivity contribution is -0.159. The van der Waals surface area contributed by atoms with Crippen LogP contribution in [-0.2, 0) is 19.1 Å². The second-order valence-corrected chi connectivity index (χ2v) is 4.93. The van der Waals surface area contributed by atoms with Crippen molar-refractivity contribution in [3.63, 3.8) is 0 Å². The first-order valence-electron chi connectivity index (χ1n) is 6.23. The van der Waals surface area contributed by atoms with Crippen LogP contribution >= 0.6 is 0 Å². The van der Waals surface area contributed by atoms with Gasteiger partial charge in [-0.2, -0.15) is 0 Å². The van der Waals surface area contributed by atoms with Crippen LogP contribution in [-0.4, -0.2) is 70.5 Å². The molecular weight excluding hydrogens is 270 g/mol. The number of carboxylic acids is 2. The number of aliphatic carboxylic acids is 2. The van der Waals surface area contributed by atoms with Crippen molar-refractivity contribution >= 4 is 17.9 Å². The fraction of sp³-hybridized carbons (Fsp3) is 0.750. The molecule has 0 radical (unpaired) electrons. The van der Waals surface area contributed by atoms with Gasteiger partial charge in [0.2, 0.25) is 0 Å². The van der Waals surface area contributed by atoms with Crippen LogP contribution < -0.4 is 0 Å². The Bertz CT molecular complexity index is 385. The van der Waals surface area contributed by atoms with E-state index in [1.54, 1.807) is 0 Å². The van der Waals surface area contributed by atoms with E-state index in [1.807, 2.05) is 7.05 Å². The molecule has 2 bridgehead atoms. The number of hydrogen-bond donors (Lipinski definition) is 3. The van der Waals surface area contributed by atoms with E-state index in [4.69, 9.17) is 24.5 Å². The topological polar surface area (TPSA) is 124 Å². The third kappa shape index (κ3) is 3.45. The molecule has 2 rings (SSSR count). The second kappa shape index (κ2) is 6.67. The fourth-order valence-corrected chi connectivity index (χ4v) is 2.89. The van der Waals surface area contributed by atoms with Gasteiger partial charge in [-0.05, 0) is 26.3 Å². The first-order chi connectivity index (χ1) is 9.29. The van der Waals surface area contributed by atoms with Crippen LogP contribution in [0.3, 0.4) is 0 Å². The van der Waals surface area contributed by atoms with E-state index in [0.717, 1.165) is 12.8 Å². The van der Waals surface area contributed by atoms with Crippen molar-refractivity contribution in [1.82, 2.24) is 4.90 Å². The van der Waals surface area contributed by atoms with Crippen molar-refractivity contribution in [2.24, 2.45) is 5.92 Å². The number of fused-ring (bicyclic) bond motifs is 2. The Balaban J connectivity index is 0.000000286. The van der Waals surface area contributed by atoms with Gasteiger partial charge in [-0.1, -0.05) is 0 Å². The number of carbonyl (C=O) groups excluding carboxylic acids is 1. The Morgan fingerprint density at radius 2 is 1.70 bits per heavy atom. The summed E-state index contributed by atoms with van der Waals surface area (Å²) in [6.07, 6.45) is 2.27. The minimum Gasteiger partial charge on any atom is -0.473 e. The van der Waals surface area contributed by atoms with Gasteiger partial charge in [0, 0.05) is 12.1 Å². The molecule has 20 heavy (non-hydrogen) atoms. The maximum Gasteiger partial charge on any atom is 0.414 e. The van der Waals surface area contributed by atoms with Gasteiger partial charge in [-0.15, -0.1) is 0 Å². The molecule has 0 amide bonds. The zero-order valence-corrected chi connectivity index (χ0v) is 11.4. The van der Waals surface area contributed by atoms with Gasteiger partial charge < -0.3 is 20.1 Å². The zero-order chi connectivity index (χ0) is 15.4. The molecule has 2 saturated heterocycles. The molecule has 0 aromatic rings. The summed E-state index contributed by atoms with van der Waals surface area (Å²) in [5.41, 5.74) is 0. The van der Waals surface area contributed by atoms with Crippen LogP contribution in [0.15, 0.2) is 0 Å². The molecule has 0 aromatic heterocycles. The standard InChI is InChI=1S/C10H17NO3.C2H2O4/c1-11-6-3-4-7(11)9(8(12)5-6)10(13)14-2;3-1(4)2(5)6/h6-9,12H,3-5H2,1-2H3;(H,3,4)(H,5,6). The van der Waals surface area contributed by atoms with Crippen molar-refractivity contribution in [2.45, 2.75) is 37.5 Å². The highest BCUT2D eigenvalue weighted by Crippen LogP contribution is 2.38. The minimum atomic E-state index is -1.82. The molecule has 0 aliphatic carbocycles. The third-order valence-electron chi connectivity index (χ3n) is 3.89. The molecule has 2 aliphatic heterocycles. The molecule has 3 N–H and O–H groups in total. The Hall–Kier alpha value is -1.67. The molecule has 114 valence electrons. The third-order valence-corrected chi connectivity index (χ3v) is 3.89. The van der Waals surface area contributed by atoms with Crippen LogP contribution in [0.25, 0.3) is 0 Å². The van der Waals surface area contributed by atoms with Gasteiger partial charge >= 0.3 is 17.9 Å². The molecule has 0 spiro atoms. The Morgan fingerprint density at radius 1 is 1.15 bits per heavy atom. The smallest absolute Gasteiger partial charge is 0.414 e. The van der Waals surface area contributed by atoms with Crippen LogP contribution in [0.4, 0.5) is 0 Å². The lowest BCUT2D eigenvalue weighted by Crippen LogP contribution is -2.52. The molecule has 2 fully saturated rings. The number of piperidine rings is 1. The summed E-state index contributed by atoms with van der Waals surface area (Å²) in [6.45, 7) is 0. The highest BCUT2D eigenvalue weighted by molar-refractivity contribution is 6.27. The Kier molecular flexibility index (Phi) is 5.46. The summed E-state index contributed by atoms with van der Waals surface area (Å²) in [5.74, 6) is -4.26. The number of nitrogens with zero attached hydrogens (tertiary/aromatic N) is 1. The predicted octanol–water partition coefficient (Wildman–Crippen LogP) is -0.841. The monoisotopic (exact) mass is 289 g/mol. The van der Waals surface area contributed by atoms with Crippen molar-refractivity contribution in [3.05, 3.63) is 0 Å². The van der Waals surface area contributed by atoms with E-state index in [9.17, 15) is 9.90 Å². The van der Waals surface area contributed by atoms with Crippen LogP contribution in [0, 0.1) is 5.92 Å². The number of ether oxygens (including phenoxy) is 1. The molecule has 2 heterocycles. The highest BCUT2D eigenvalue weighted by atomic mass is 16.5. The molecule has 0 saturated carbocycles. The van der Waals surface area contributed by atoms with Gasteiger partial charge in [0.05, 0.1) is 19.1 Å². The van der Waals surface area contributed by atoms with Crippen molar-refractivity contribution in [1.29, 1.82) is 0 Å². The zero-order valence-electron chi connectivity index (χ0n) is 11.4. The minimum absolute atomic E-state index is 0.177. The van der Waals surface area contributed by atoms with Gasteiger partial charge in [0.15, 0.2) is 0 Å². The van der Waals surface area contributed by atoms with E-state index in [1.165, 1.54) is 7.11 Å². The number of aliphatic hydroxyl groups excluding tert-OH is 1. The number of rotatable bonds is 1. The largest absolute Gasteiger partial charge is 0.473 e. The van der Waals surface area contributed by atoms with Crippen LogP contribution in [0.1, 0.15) is 19.3 Å². The number of carbonyl (C=O) groups is 3. The molecule has 8 heteroatoms. The Labute approximate surface area is 115 Å². The van der Waals surface area contributed by atoms with E-state index in [0.29, 0.717) is 12.5 Å². The summed E-state index contributed by atoms with van der Waals surface area (Å²) in [5, 5.41) is 24.6. The van der Waals surface area contributed by atoms with Crippen molar-refractivity contribution in [2.75, 3.05) is 14.2 Å². The predicted molar refractivity (Wildman–Crippen MR) is 66.0 cm³/mol. The summed E-state index contributed by atoms with van der Waals surface area (Å²) in [4.78, 5) is 31.9. The average Bonchev–Trinajstić information content (AvgIpc) is 2.62. The molecule has 8 nitrogen and oxygen atoms in total. The summed E-state index contributed by atoms with van der Waals surface area (Å²) in [6, 6.07) is 0.632. The fourth-order valence-electron chi connectivity index (χ4n) is 2.89. The van der Waals surface area contributed by atoms with Gasteiger partial charge in [0.1, 0.15) is 0 Å². The summed E-state index contributed by atoms with van der Waals surface area (Å²) in [7, 11) is 3.42. The maximum absolute atomic E-state index is 11.5. The SMILES string of the molecule is COC(=O)C1C(O)CC2CCC1N2C.O=C(O)C(=O)O. The van der Waals surface area contributed by atoms with Crippen molar-refractivity contribution < 1.29 is 34.4 Å². The lowest BCUT2D eigenvalue weighted by Gasteiger charge is -2.39. The first kappa shape index (κ1) is 16.4. The molecule has 0 aromatic carbocycles. The number of hydrogen-bond acceptors (Lipinski definition) is 6. The highest BCUT2D eigenvalue weighted by Gasteiger charge is 2.48. The molecular formula is C12H19NO7. The van der Waals surface area contributed by atoms with Crippen molar-refractivity contribution in [3.8, 4) is 0 Å². The summed E-state index contributed by atoms with van der Waals surface area (Å²) < 4.78 is 4.73. The quantitative estimate of drug-likeness (QED) is 0.421. The average molecular weight is 289 g/mol. The van der Waals surface area contributed by atoms with Gasteiger partial charge in [-0.25, -0.2) is 9.59 Å². The number of aliphatic hydroxyl groups is 1. The molecule has 2 aliphatic rings. The Morgan fingerprint density at radius 3 is 2.15 bits per heavy atom. The van der Waals surface area contributed by atoms with Crippen LogP contribution in [0.5, 0.6) is 0 Å². The maximum atomic E-state index is 11.5. The second-order valence-electron chi connectivity index (χ2n) is 4.93. The number of methoxy groups -OCH3 is 1. The normalized spacial score (nSPS) is 31.9. The molecule has 4 atom stereocenters. The lowest BCUT2D eigenvalue weighted by atomic mass is 9.88. The molecule has 4 unspecified atom stereocenters. The van der Waals surface area contributed by atoms with Gasteiger partial charge in [-0.3, -0.25) is 9.69 Å². The van der Waals surface area contributed by atoms with Gasteiger partial charge in [0.25, 0.3) is 0 Å². The first-order valence-corrected chi connectivity index (χ1v) is 6.23. The number of carboxylic acid groups (broad SMARTS) is 2.